The molecule has 0 amide bonds. The van der Waals surface area contributed by atoms with E-state index in [1.165, 1.54) is 26.4 Å². The van der Waals surface area contributed by atoms with Crippen molar-refractivity contribution in [3.8, 4) is 11.5 Å². The number of likely N-dealkylation sites (N-methyl/N-ethyl adjacent to an activating group) is 1. The van der Waals surface area contributed by atoms with Gasteiger partial charge in [-0.05, 0) is 56.3 Å². The van der Waals surface area contributed by atoms with E-state index in [1.54, 1.807) is 18.2 Å². The Labute approximate surface area is 250 Å². The van der Waals surface area contributed by atoms with Gasteiger partial charge in [-0.1, -0.05) is 30.5 Å². The van der Waals surface area contributed by atoms with Gasteiger partial charge in [-0.2, -0.15) is 4.39 Å². The highest BCUT2D eigenvalue weighted by atomic mass is 35.5. The summed E-state index contributed by atoms with van der Waals surface area (Å²) in [4.78, 5) is 5.13. The maximum atomic E-state index is 15.7. The third-order valence-electron chi connectivity index (χ3n) is 7.44. The number of benzene rings is 2. The summed E-state index contributed by atoms with van der Waals surface area (Å²) in [5.41, 5.74) is 0.669. The Hall–Kier alpha value is -3.19. The van der Waals surface area contributed by atoms with E-state index in [0.29, 0.717) is 23.6 Å². The maximum Gasteiger partial charge on any atom is 0.268 e. The first kappa shape index (κ1) is 31.7. The number of ether oxygens (including phenoxy) is 2. The lowest BCUT2D eigenvalue weighted by atomic mass is 9.89. The third-order valence-corrected chi connectivity index (χ3v) is 9.52. The zero-order chi connectivity index (χ0) is 30.4. The summed E-state index contributed by atoms with van der Waals surface area (Å²) < 4.78 is 69.3. The Morgan fingerprint density at radius 3 is 2.55 bits per heavy atom. The second kappa shape index (κ2) is 13.9. The summed E-state index contributed by atoms with van der Waals surface area (Å²) in [6, 6.07) is 10.6. The molecule has 2 N–H and O–H groups in total. The average molecular weight is 625 g/mol. The normalized spacial score (nSPS) is 17.2. The van der Waals surface area contributed by atoms with Gasteiger partial charge >= 0.3 is 0 Å². The molecule has 1 saturated carbocycles. The molecular formula is C29H35ClF2N4O5S. The van der Waals surface area contributed by atoms with Crippen molar-refractivity contribution in [1.29, 1.82) is 0 Å². The second-order valence-corrected chi connectivity index (χ2v) is 12.3. The van der Waals surface area contributed by atoms with Gasteiger partial charge in [0.2, 0.25) is 5.95 Å². The zero-order valence-electron chi connectivity index (χ0n) is 23.7. The van der Waals surface area contributed by atoms with E-state index in [1.807, 2.05) is 7.05 Å². The molecule has 0 saturated heterocycles. The highest BCUT2D eigenvalue weighted by molar-refractivity contribution is 7.92. The summed E-state index contributed by atoms with van der Waals surface area (Å²) >= 11 is 6.56. The number of halogens is 3. The SMILES string of the molecule is COc1ccc(CN(c2cccc(F)n2)S(=O)(=O)c2cc(Cl)c(N[C@H]3CCCC[C@@H]3N(C)CCO)cc2F)c(OC)c1. The Kier molecular flexibility index (Phi) is 10.5. The van der Waals surface area contributed by atoms with Crippen LogP contribution in [0.25, 0.3) is 0 Å². The molecular weight excluding hydrogens is 590 g/mol. The van der Waals surface area contributed by atoms with Gasteiger partial charge in [0.15, 0.2) is 0 Å². The van der Waals surface area contributed by atoms with E-state index < -0.39 is 26.7 Å². The number of nitrogens with zero attached hydrogens (tertiary/aromatic N) is 3. The molecule has 42 heavy (non-hydrogen) atoms. The summed E-state index contributed by atoms with van der Waals surface area (Å²) in [7, 11) is 0.171. The fraction of sp³-hybridized carbons (Fsp3) is 0.414. The predicted octanol–water partition coefficient (Wildman–Crippen LogP) is 5.07. The molecule has 1 aromatic heterocycles. The van der Waals surface area contributed by atoms with Crippen LogP contribution in [0.3, 0.4) is 0 Å². The van der Waals surface area contributed by atoms with Crippen molar-refractivity contribution in [3.63, 3.8) is 0 Å². The Balaban J connectivity index is 1.71. The Morgan fingerprint density at radius 2 is 1.86 bits per heavy atom. The van der Waals surface area contributed by atoms with Gasteiger partial charge in [0.25, 0.3) is 10.0 Å². The maximum absolute atomic E-state index is 15.7. The number of nitrogens with one attached hydrogen (secondary N) is 1. The standard InChI is InChI=1S/C29H35ClF2N4O5S/c1-35(13-14-37)25-8-5-4-7-23(25)33-24-17-22(31)27(16-21(24)30)42(38,39)36(29-10-6-9-28(32)34-29)18-19-11-12-20(40-2)15-26(19)41-3/h6,9-12,15-17,23,25,33,37H,4-5,7-8,13-14,18H2,1-3H3/t23-,25-/m0/s1. The summed E-state index contributed by atoms with van der Waals surface area (Å²) in [6.45, 7) is 0.162. The Morgan fingerprint density at radius 1 is 1.10 bits per heavy atom. The number of aliphatic hydroxyl groups excluding tert-OH is 1. The van der Waals surface area contributed by atoms with Crippen molar-refractivity contribution in [3.05, 3.63) is 70.9 Å². The van der Waals surface area contributed by atoms with E-state index >= 15 is 4.39 Å². The minimum Gasteiger partial charge on any atom is -0.497 e. The number of anilines is 2. The average Bonchev–Trinajstić information content (AvgIpc) is 2.97. The van der Waals surface area contributed by atoms with Crippen LogP contribution in [0.2, 0.25) is 5.02 Å². The number of sulfonamides is 1. The lowest BCUT2D eigenvalue weighted by molar-refractivity contribution is 0.143. The van der Waals surface area contributed by atoms with E-state index in [0.717, 1.165) is 48.2 Å². The highest BCUT2D eigenvalue weighted by Gasteiger charge is 2.33. The van der Waals surface area contributed by atoms with Crippen molar-refractivity contribution in [2.75, 3.05) is 44.0 Å². The van der Waals surface area contributed by atoms with E-state index in [2.05, 4.69) is 15.2 Å². The molecule has 1 heterocycles. The minimum atomic E-state index is -4.65. The molecule has 1 fully saturated rings. The lowest BCUT2D eigenvalue weighted by Gasteiger charge is -2.39. The molecule has 3 aromatic rings. The first-order valence-electron chi connectivity index (χ1n) is 13.5. The molecule has 13 heteroatoms. The molecule has 1 aliphatic carbocycles. The number of hydrogen-bond acceptors (Lipinski definition) is 8. The quantitative estimate of drug-likeness (QED) is 0.269. The fourth-order valence-corrected chi connectivity index (χ4v) is 7.00. The van der Waals surface area contributed by atoms with Crippen LogP contribution < -0.4 is 19.1 Å². The molecule has 1 aliphatic rings. The lowest BCUT2D eigenvalue weighted by Crippen LogP contribution is -2.48. The number of aliphatic hydroxyl groups is 1. The van der Waals surface area contributed by atoms with Crippen molar-refractivity contribution in [2.24, 2.45) is 0 Å². The van der Waals surface area contributed by atoms with Gasteiger partial charge in [-0.25, -0.2) is 22.1 Å². The molecule has 4 rings (SSSR count). The Bertz CT molecular complexity index is 1500. The van der Waals surface area contributed by atoms with Crippen molar-refractivity contribution in [1.82, 2.24) is 9.88 Å². The summed E-state index contributed by atoms with van der Waals surface area (Å²) in [5.74, 6) is -1.38. The van der Waals surface area contributed by atoms with Crippen LogP contribution in [0.15, 0.2) is 53.4 Å². The second-order valence-electron chi connectivity index (χ2n) is 10.1. The first-order chi connectivity index (χ1) is 20.1. The predicted molar refractivity (Wildman–Crippen MR) is 158 cm³/mol. The van der Waals surface area contributed by atoms with Crippen LogP contribution in [-0.4, -0.2) is 69.9 Å². The molecule has 0 unspecified atom stereocenters. The zero-order valence-corrected chi connectivity index (χ0v) is 25.3. The van der Waals surface area contributed by atoms with Crippen LogP contribution >= 0.6 is 11.6 Å². The van der Waals surface area contributed by atoms with E-state index in [4.69, 9.17) is 21.1 Å². The van der Waals surface area contributed by atoms with E-state index in [9.17, 15) is 17.9 Å². The molecule has 2 atom stereocenters. The summed E-state index contributed by atoms with van der Waals surface area (Å²) in [5, 5.41) is 12.7. The molecule has 0 bridgehead atoms. The largest absolute Gasteiger partial charge is 0.497 e. The van der Waals surface area contributed by atoms with Gasteiger partial charge in [0.05, 0.1) is 38.1 Å². The van der Waals surface area contributed by atoms with Crippen LogP contribution in [0.5, 0.6) is 11.5 Å². The smallest absolute Gasteiger partial charge is 0.268 e. The number of pyridine rings is 1. The summed E-state index contributed by atoms with van der Waals surface area (Å²) in [6.07, 6.45) is 3.70. The number of rotatable bonds is 12. The van der Waals surface area contributed by atoms with Gasteiger partial charge < -0.3 is 19.9 Å². The monoisotopic (exact) mass is 624 g/mol. The molecule has 0 aliphatic heterocycles. The molecule has 9 nitrogen and oxygen atoms in total. The molecule has 228 valence electrons. The van der Waals surface area contributed by atoms with Gasteiger partial charge in [0, 0.05) is 30.3 Å². The van der Waals surface area contributed by atoms with Crippen LogP contribution in [0.1, 0.15) is 31.2 Å². The molecule has 0 radical (unpaired) electrons. The van der Waals surface area contributed by atoms with Crippen LogP contribution in [-0.2, 0) is 16.6 Å². The highest BCUT2D eigenvalue weighted by Crippen LogP contribution is 2.35. The topological polar surface area (TPSA) is 104 Å². The van der Waals surface area contributed by atoms with Crippen molar-refractivity contribution < 1.29 is 31.8 Å². The van der Waals surface area contributed by atoms with Crippen molar-refractivity contribution >= 4 is 33.1 Å². The van der Waals surface area contributed by atoms with E-state index in [-0.39, 0.29) is 41.8 Å². The fourth-order valence-electron chi connectivity index (χ4n) is 5.25. The van der Waals surface area contributed by atoms with Crippen LogP contribution in [0.4, 0.5) is 20.3 Å². The van der Waals surface area contributed by atoms with Gasteiger partial charge in [0.1, 0.15) is 28.0 Å². The van der Waals surface area contributed by atoms with Crippen molar-refractivity contribution in [2.45, 2.75) is 49.2 Å². The molecule has 0 spiro atoms. The van der Waals surface area contributed by atoms with Gasteiger partial charge in [-0.3, -0.25) is 4.90 Å². The van der Waals surface area contributed by atoms with Crippen LogP contribution in [0, 0.1) is 11.8 Å². The van der Waals surface area contributed by atoms with Gasteiger partial charge in [-0.15, -0.1) is 0 Å². The number of methoxy groups -OCH3 is 2. The first-order valence-corrected chi connectivity index (χ1v) is 15.3. The third kappa shape index (κ3) is 7.05. The molecule has 2 aromatic carbocycles. The number of hydrogen-bond donors (Lipinski definition) is 2. The number of aromatic nitrogens is 1. The minimum absolute atomic E-state index is 0.0123.